The van der Waals surface area contributed by atoms with Gasteiger partial charge in [0.15, 0.2) is 5.78 Å². The van der Waals surface area contributed by atoms with E-state index in [4.69, 9.17) is 6.42 Å². The summed E-state index contributed by atoms with van der Waals surface area (Å²) in [4.78, 5) is 22.1. The van der Waals surface area contributed by atoms with Crippen LogP contribution in [-0.2, 0) is 0 Å². The zero-order valence-corrected chi connectivity index (χ0v) is 9.87. The summed E-state index contributed by atoms with van der Waals surface area (Å²) >= 11 is 0. The highest BCUT2D eigenvalue weighted by atomic mass is 16.6. The first-order valence-corrected chi connectivity index (χ1v) is 5.47. The summed E-state index contributed by atoms with van der Waals surface area (Å²) in [6.45, 7) is 0. The lowest BCUT2D eigenvalue weighted by Crippen LogP contribution is -2.01. The van der Waals surface area contributed by atoms with Crippen LogP contribution in [0.5, 0.6) is 0 Å². The molecule has 92 valence electrons. The van der Waals surface area contributed by atoms with Gasteiger partial charge in [0.25, 0.3) is 5.69 Å². The normalized spacial score (nSPS) is 9.63. The maximum atomic E-state index is 12.1. The first-order chi connectivity index (χ1) is 9.11. The van der Waals surface area contributed by atoms with Crippen LogP contribution >= 0.6 is 0 Å². The molecule has 0 amide bonds. The molecule has 0 radical (unpaired) electrons. The molecule has 0 spiro atoms. The summed E-state index contributed by atoms with van der Waals surface area (Å²) in [5, 5.41) is 10.5. The van der Waals surface area contributed by atoms with Gasteiger partial charge in [0.05, 0.1) is 4.92 Å². The number of nitro groups is 1. The van der Waals surface area contributed by atoms with E-state index in [0.29, 0.717) is 16.7 Å². The van der Waals surface area contributed by atoms with Crippen LogP contribution in [0.3, 0.4) is 0 Å². The number of non-ortho nitro benzene ring substituents is 1. The Hall–Kier alpha value is -2.93. The lowest BCUT2D eigenvalue weighted by atomic mass is 10.0. The Morgan fingerprint density at radius 2 is 1.47 bits per heavy atom. The molecule has 0 bridgehead atoms. The fraction of sp³-hybridized carbons (Fsp3) is 0. The molecule has 19 heavy (non-hydrogen) atoms. The second kappa shape index (κ2) is 5.15. The number of ketones is 1. The molecule has 0 atom stereocenters. The molecule has 2 aromatic carbocycles. The summed E-state index contributed by atoms with van der Waals surface area (Å²) in [6.07, 6.45) is 5.23. The third kappa shape index (κ3) is 2.67. The van der Waals surface area contributed by atoms with Gasteiger partial charge in [-0.2, -0.15) is 0 Å². The van der Waals surface area contributed by atoms with Gasteiger partial charge in [-0.3, -0.25) is 14.9 Å². The third-order valence-electron chi connectivity index (χ3n) is 2.65. The average Bonchev–Trinajstić information content (AvgIpc) is 2.46. The van der Waals surface area contributed by atoms with E-state index in [1.807, 2.05) is 0 Å². The van der Waals surface area contributed by atoms with Crippen LogP contribution in [0.15, 0.2) is 48.5 Å². The van der Waals surface area contributed by atoms with Crippen molar-refractivity contribution in [3.05, 3.63) is 75.3 Å². The van der Waals surface area contributed by atoms with Crippen molar-refractivity contribution >= 4 is 11.5 Å². The van der Waals surface area contributed by atoms with E-state index >= 15 is 0 Å². The lowest BCUT2D eigenvalue weighted by molar-refractivity contribution is -0.384. The van der Waals surface area contributed by atoms with Gasteiger partial charge >= 0.3 is 0 Å². The van der Waals surface area contributed by atoms with Gasteiger partial charge in [-0.15, -0.1) is 6.42 Å². The van der Waals surface area contributed by atoms with Crippen LogP contribution in [0.1, 0.15) is 21.5 Å². The molecule has 0 N–H and O–H groups in total. The number of rotatable bonds is 3. The molecule has 4 heteroatoms. The van der Waals surface area contributed by atoms with Crippen molar-refractivity contribution < 1.29 is 9.72 Å². The fourth-order valence-corrected chi connectivity index (χ4v) is 1.62. The van der Waals surface area contributed by atoms with Crippen molar-refractivity contribution in [2.75, 3.05) is 0 Å². The number of hydrogen-bond donors (Lipinski definition) is 0. The van der Waals surface area contributed by atoms with Gasteiger partial charge in [-0.1, -0.05) is 5.92 Å². The van der Waals surface area contributed by atoms with Crippen LogP contribution in [0.25, 0.3) is 0 Å². The van der Waals surface area contributed by atoms with Crippen LogP contribution in [-0.4, -0.2) is 10.7 Å². The summed E-state index contributed by atoms with van der Waals surface area (Å²) in [7, 11) is 0. The quantitative estimate of drug-likeness (QED) is 0.365. The number of carbonyl (C=O) groups excluding carboxylic acids is 1. The number of hydrogen-bond acceptors (Lipinski definition) is 3. The first kappa shape index (κ1) is 12.5. The maximum Gasteiger partial charge on any atom is 0.269 e. The van der Waals surface area contributed by atoms with Crippen molar-refractivity contribution in [3.8, 4) is 12.3 Å². The minimum atomic E-state index is -0.504. The predicted molar refractivity (Wildman–Crippen MR) is 70.9 cm³/mol. The smallest absolute Gasteiger partial charge is 0.269 e. The molecule has 2 aromatic rings. The zero-order valence-electron chi connectivity index (χ0n) is 9.87. The molecular weight excluding hydrogens is 242 g/mol. The highest BCUT2D eigenvalue weighted by Crippen LogP contribution is 2.15. The van der Waals surface area contributed by atoms with E-state index < -0.39 is 4.92 Å². The van der Waals surface area contributed by atoms with E-state index in [2.05, 4.69) is 5.92 Å². The molecule has 2 rings (SSSR count). The van der Waals surface area contributed by atoms with Gasteiger partial charge in [0.2, 0.25) is 0 Å². The molecular formula is C15H9NO3. The van der Waals surface area contributed by atoms with Gasteiger partial charge in [-0.25, -0.2) is 0 Å². The Morgan fingerprint density at radius 3 is 1.89 bits per heavy atom. The molecule has 0 saturated heterocycles. The number of terminal acetylenes is 1. The predicted octanol–water partition coefficient (Wildman–Crippen LogP) is 2.81. The summed E-state index contributed by atoms with van der Waals surface area (Å²) in [6, 6.07) is 12.1. The van der Waals surface area contributed by atoms with Crippen molar-refractivity contribution in [1.29, 1.82) is 0 Å². The highest BCUT2D eigenvalue weighted by Gasteiger charge is 2.11. The lowest BCUT2D eigenvalue weighted by Gasteiger charge is -2.01. The van der Waals surface area contributed by atoms with E-state index in [9.17, 15) is 14.9 Å². The van der Waals surface area contributed by atoms with E-state index in [0.717, 1.165) is 0 Å². The molecule has 0 fully saturated rings. The molecule has 0 aliphatic carbocycles. The Morgan fingerprint density at radius 1 is 1.00 bits per heavy atom. The second-order valence-corrected chi connectivity index (χ2v) is 3.85. The van der Waals surface area contributed by atoms with Crippen LogP contribution in [0.2, 0.25) is 0 Å². The second-order valence-electron chi connectivity index (χ2n) is 3.85. The number of benzene rings is 2. The van der Waals surface area contributed by atoms with E-state index in [-0.39, 0.29) is 11.5 Å². The van der Waals surface area contributed by atoms with Crippen molar-refractivity contribution in [1.82, 2.24) is 0 Å². The Labute approximate surface area is 109 Å². The van der Waals surface area contributed by atoms with Crippen molar-refractivity contribution in [2.24, 2.45) is 0 Å². The Kier molecular flexibility index (Phi) is 3.39. The van der Waals surface area contributed by atoms with Crippen molar-refractivity contribution in [2.45, 2.75) is 0 Å². The number of carbonyl (C=O) groups is 1. The van der Waals surface area contributed by atoms with Gasteiger partial charge < -0.3 is 0 Å². The van der Waals surface area contributed by atoms with Crippen LogP contribution in [0, 0.1) is 22.5 Å². The standard InChI is InChI=1S/C15H9NO3/c1-2-11-3-5-12(6-4-11)15(17)13-7-9-14(10-8-13)16(18)19/h1,3-10H. The topological polar surface area (TPSA) is 60.2 Å². The molecule has 0 aliphatic heterocycles. The van der Waals surface area contributed by atoms with Crippen molar-refractivity contribution in [3.63, 3.8) is 0 Å². The van der Waals surface area contributed by atoms with E-state index in [1.54, 1.807) is 24.3 Å². The zero-order chi connectivity index (χ0) is 13.8. The van der Waals surface area contributed by atoms with Gasteiger partial charge in [0.1, 0.15) is 0 Å². The highest BCUT2D eigenvalue weighted by molar-refractivity contribution is 6.09. The molecule has 0 aromatic heterocycles. The first-order valence-electron chi connectivity index (χ1n) is 5.47. The molecule has 0 unspecified atom stereocenters. The fourth-order valence-electron chi connectivity index (χ4n) is 1.62. The number of nitrogens with zero attached hydrogens (tertiary/aromatic N) is 1. The molecule has 0 heterocycles. The minimum absolute atomic E-state index is 0.0424. The van der Waals surface area contributed by atoms with Crippen LogP contribution < -0.4 is 0 Å². The van der Waals surface area contributed by atoms with Crippen LogP contribution in [0.4, 0.5) is 5.69 Å². The summed E-state index contributed by atoms with van der Waals surface area (Å²) in [5.41, 5.74) is 1.55. The SMILES string of the molecule is C#Cc1ccc(C(=O)c2ccc([N+](=O)[O-])cc2)cc1. The van der Waals surface area contributed by atoms with Gasteiger partial charge in [-0.05, 0) is 36.4 Å². The summed E-state index contributed by atoms with van der Waals surface area (Å²) in [5.74, 6) is 2.27. The number of nitro benzene ring substituents is 1. The largest absolute Gasteiger partial charge is 0.289 e. The maximum absolute atomic E-state index is 12.1. The molecule has 0 aliphatic rings. The summed E-state index contributed by atoms with van der Waals surface area (Å²) < 4.78 is 0. The Bertz CT molecular complexity index is 664. The monoisotopic (exact) mass is 251 g/mol. The average molecular weight is 251 g/mol. The minimum Gasteiger partial charge on any atom is -0.289 e. The molecule has 4 nitrogen and oxygen atoms in total. The van der Waals surface area contributed by atoms with E-state index in [1.165, 1.54) is 24.3 Å². The Balaban J connectivity index is 2.28. The molecule has 0 saturated carbocycles. The third-order valence-corrected chi connectivity index (χ3v) is 2.65. The van der Waals surface area contributed by atoms with Gasteiger partial charge in [0, 0.05) is 28.8 Å².